The molecular weight excluding hydrogens is 388 g/mol. The highest BCUT2D eigenvalue weighted by atomic mass is 16.4. The Morgan fingerprint density at radius 1 is 0.968 bits per heavy atom. The van der Waals surface area contributed by atoms with E-state index in [1.807, 2.05) is 54.6 Å². The molecule has 0 saturated heterocycles. The number of fused-ring (bicyclic) bond motifs is 1. The molecule has 0 aliphatic heterocycles. The van der Waals surface area contributed by atoms with E-state index in [9.17, 15) is 14.7 Å². The first-order chi connectivity index (χ1) is 15.1. The molecule has 0 saturated carbocycles. The molecule has 0 spiro atoms. The molecule has 0 aliphatic rings. The summed E-state index contributed by atoms with van der Waals surface area (Å²) in [4.78, 5) is 29.5. The van der Waals surface area contributed by atoms with Crippen molar-refractivity contribution in [1.82, 2.24) is 9.55 Å². The first-order valence-corrected chi connectivity index (χ1v) is 10.5. The van der Waals surface area contributed by atoms with Gasteiger partial charge in [0.05, 0.1) is 23.0 Å². The molecule has 0 atom stereocenters. The zero-order valence-electron chi connectivity index (χ0n) is 17.4. The van der Waals surface area contributed by atoms with Crippen molar-refractivity contribution in [1.29, 1.82) is 0 Å². The van der Waals surface area contributed by atoms with Crippen molar-refractivity contribution in [2.24, 2.45) is 0 Å². The fraction of sp³-hybridized carbons (Fsp3) is 0.192. The highest BCUT2D eigenvalue weighted by Crippen LogP contribution is 2.24. The molecule has 0 radical (unpaired) electrons. The Balaban J connectivity index is 1.70. The van der Waals surface area contributed by atoms with Crippen LogP contribution in [0.5, 0.6) is 0 Å². The minimum atomic E-state index is -0.950. The predicted molar refractivity (Wildman–Crippen MR) is 123 cm³/mol. The van der Waals surface area contributed by atoms with Crippen molar-refractivity contribution in [3.8, 4) is 11.1 Å². The summed E-state index contributed by atoms with van der Waals surface area (Å²) in [5, 5.41) is 10.1. The maximum Gasteiger partial charge on any atom is 0.336 e. The molecule has 156 valence electrons. The van der Waals surface area contributed by atoms with Crippen LogP contribution in [0.1, 0.15) is 41.5 Å². The van der Waals surface area contributed by atoms with E-state index in [1.54, 1.807) is 22.8 Å². The zero-order valence-corrected chi connectivity index (χ0v) is 17.4. The lowest BCUT2D eigenvalue weighted by atomic mass is 9.98. The van der Waals surface area contributed by atoms with Gasteiger partial charge in [0.2, 0.25) is 0 Å². The van der Waals surface area contributed by atoms with Gasteiger partial charge in [0.15, 0.2) is 0 Å². The van der Waals surface area contributed by atoms with Crippen molar-refractivity contribution in [2.75, 3.05) is 0 Å². The topological polar surface area (TPSA) is 72.2 Å². The minimum Gasteiger partial charge on any atom is -0.478 e. The van der Waals surface area contributed by atoms with E-state index < -0.39 is 5.97 Å². The quantitative estimate of drug-likeness (QED) is 0.455. The Labute approximate surface area is 180 Å². The van der Waals surface area contributed by atoms with Crippen LogP contribution < -0.4 is 5.56 Å². The van der Waals surface area contributed by atoms with Gasteiger partial charge in [0.25, 0.3) is 5.56 Å². The number of carbonyl (C=O) groups is 1. The van der Waals surface area contributed by atoms with E-state index in [0.29, 0.717) is 17.5 Å². The van der Waals surface area contributed by atoms with Gasteiger partial charge < -0.3 is 5.11 Å². The smallest absolute Gasteiger partial charge is 0.336 e. The molecule has 1 heterocycles. The number of hydrogen-bond acceptors (Lipinski definition) is 3. The fourth-order valence-corrected chi connectivity index (χ4v) is 3.80. The van der Waals surface area contributed by atoms with Crippen LogP contribution in [0.15, 0.2) is 77.6 Å². The van der Waals surface area contributed by atoms with Gasteiger partial charge >= 0.3 is 5.97 Å². The number of carboxylic acids is 1. The van der Waals surface area contributed by atoms with Crippen LogP contribution in [0.3, 0.4) is 0 Å². The molecule has 5 nitrogen and oxygen atoms in total. The minimum absolute atomic E-state index is 0.0306. The molecule has 0 fully saturated rings. The second-order valence-corrected chi connectivity index (χ2v) is 7.59. The second-order valence-electron chi connectivity index (χ2n) is 7.59. The van der Waals surface area contributed by atoms with Crippen molar-refractivity contribution in [3.05, 3.63) is 100 Å². The fourth-order valence-electron chi connectivity index (χ4n) is 3.80. The largest absolute Gasteiger partial charge is 0.478 e. The number of para-hydroxylation sites is 1. The van der Waals surface area contributed by atoms with E-state index in [-0.39, 0.29) is 11.1 Å². The first kappa shape index (κ1) is 20.5. The molecule has 31 heavy (non-hydrogen) atoms. The highest BCUT2D eigenvalue weighted by molar-refractivity contribution is 5.96. The van der Waals surface area contributed by atoms with Crippen molar-refractivity contribution < 1.29 is 9.90 Å². The molecule has 1 N–H and O–H groups in total. The van der Waals surface area contributed by atoms with Gasteiger partial charge in [-0.1, -0.05) is 67.9 Å². The third-order valence-electron chi connectivity index (χ3n) is 5.46. The zero-order chi connectivity index (χ0) is 21.8. The Morgan fingerprint density at radius 2 is 1.68 bits per heavy atom. The normalized spacial score (nSPS) is 11.0. The Morgan fingerprint density at radius 3 is 2.42 bits per heavy atom. The maximum absolute atomic E-state index is 13.2. The summed E-state index contributed by atoms with van der Waals surface area (Å²) in [6.45, 7) is 2.55. The van der Waals surface area contributed by atoms with Crippen molar-refractivity contribution >= 4 is 16.9 Å². The third kappa shape index (κ3) is 4.26. The summed E-state index contributed by atoms with van der Waals surface area (Å²) >= 11 is 0. The van der Waals surface area contributed by atoms with E-state index in [4.69, 9.17) is 4.98 Å². The van der Waals surface area contributed by atoms with Gasteiger partial charge in [-0.2, -0.15) is 0 Å². The van der Waals surface area contributed by atoms with Gasteiger partial charge in [0, 0.05) is 6.42 Å². The summed E-state index contributed by atoms with van der Waals surface area (Å²) in [6, 6.07) is 22.1. The van der Waals surface area contributed by atoms with Crippen LogP contribution in [-0.4, -0.2) is 20.6 Å². The van der Waals surface area contributed by atoms with E-state index >= 15 is 0 Å². The molecule has 4 rings (SSSR count). The number of aromatic carboxylic acids is 1. The molecule has 0 bridgehead atoms. The number of aryl methyl sites for hydroxylation is 1. The van der Waals surface area contributed by atoms with Crippen LogP contribution in [0.25, 0.3) is 22.0 Å². The van der Waals surface area contributed by atoms with Crippen LogP contribution >= 0.6 is 0 Å². The number of rotatable bonds is 7. The average Bonchev–Trinajstić information content (AvgIpc) is 2.80. The third-order valence-corrected chi connectivity index (χ3v) is 5.46. The van der Waals surface area contributed by atoms with Crippen LogP contribution in [0, 0.1) is 0 Å². The Hall–Kier alpha value is -3.73. The lowest BCUT2D eigenvalue weighted by molar-refractivity contribution is 0.0697. The molecule has 0 unspecified atom stereocenters. The molecule has 5 heteroatoms. The average molecular weight is 412 g/mol. The number of unbranched alkanes of at least 4 members (excludes halogenated alkanes) is 1. The summed E-state index contributed by atoms with van der Waals surface area (Å²) < 4.78 is 1.76. The van der Waals surface area contributed by atoms with E-state index in [0.717, 1.165) is 41.7 Å². The lowest BCUT2D eigenvalue weighted by Crippen LogP contribution is -2.26. The SMILES string of the molecule is CCCCc1nc2ccccc2c(=O)n1Cc1ccc(-c2ccccc2C(=O)O)cc1. The molecule has 0 amide bonds. The summed E-state index contributed by atoms with van der Waals surface area (Å²) in [5.74, 6) is -0.153. The Bertz CT molecular complexity index is 1290. The molecule has 3 aromatic carbocycles. The van der Waals surface area contributed by atoms with Crippen molar-refractivity contribution in [3.63, 3.8) is 0 Å². The molecular formula is C26H24N2O3. The number of nitrogens with zero attached hydrogens (tertiary/aromatic N) is 2. The van der Waals surface area contributed by atoms with Gasteiger partial charge in [-0.3, -0.25) is 9.36 Å². The monoisotopic (exact) mass is 412 g/mol. The standard InChI is InChI=1S/C26H24N2O3/c1-2-3-12-24-27-23-11-7-6-10-22(23)25(29)28(24)17-18-13-15-19(16-14-18)20-8-4-5-9-21(20)26(30)31/h4-11,13-16H,2-3,12,17H2,1H3,(H,30,31). The van der Waals surface area contributed by atoms with Crippen LogP contribution in [0.2, 0.25) is 0 Å². The summed E-state index contributed by atoms with van der Waals surface area (Å²) in [5.41, 5.74) is 3.44. The van der Waals surface area contributed by atoms with Gasteiger partial charge in [0.1, 0.15) is 5.82 Å². The summed E-state index contributed by atoms with van der Waals surface area (Å²) in [7, 11) is 0. The number of aromatic nitrogens is 2. The van der Waals surface area contributed by atoms with Crippen LogP contribution in [0.4, 0.5) is 0 Å². The van der Waals surface area contributed by atoms with Crippen molar-refractivity contribution in [2.45, 2.75) is 32.7 Å². The molecule has 0 aliphatic carbocycles. The molecule has 4 aromatic rings. The van der Waals surface area contributed by atoms with Gasteiger partial charge in [-0.15, -0.1) is 0 Å². The van der Waals surface area contributed by atoms with E-state index in [2.05, 4.69) is 6.92 Å². The summed E-state index contributed by atoms with van der Waals surface area (Å²) in [6.07, 6.45) is 2.75. The van der Waals surface area contributed by atoms with Gasteiger partial charge in [-0.25, -0.2) is 9.78 Å². The number of benzene rings is 3. The number of carboxylic acid groups (broad SMARTS) is 1. The first-order valence-electron chi connectivity index (χ1n) is 10.5. The lowest BCUT2D eigenvalue weighted by Gasteiger charge is -2.14. The maximum atomic E-state index is 13.2. The van der Waals surface area contributed by atoms with E-state index in [1.165, 1.54) is 0 Å². The van der Waals surface area contributed by atoms with Crippen LogP contribution in [-0.2, 0) is 13.0 Å². The molecule has 1 aromatic heterocycles. The number of hydrogen-bond donors (Lipinski definition) is 1. The second kappa shape index (κ2) is 8.96. The van der Waals surface area contributed by atoms with Gasteiger partial charge in [-0.05, 0) is 41.3 Å². The highest BCUT2D eigenvalue weighted by Gasteiger charge is 2.13. The Kier molecular flexibility index (Phi) is 5.94. The predicted octanol–water partition coefficient (Wildman–Crippen LogP) is 5.15.